The average Bonchev–Trinajstić information content (AvgIpc) is 2.42. The molecule has 0 aromatic carbocycles. The van der Waals surface area contributed by atoms with E-state index in [1.54, 1.807) is 0 Å². The van der Waals surface area contributed by atoms with Crippen LogP contribution >= 0.6 is 0 Å². The third kappa shape index (κ3) is 14.7. The van der Waals surface area contributed by atoms with E-state index in [1.807, 2.05) is 6.08 Å². The van der Waals surface area contributed by atoms with Crippen molar-refractivity contribution in [1.29, 1.82) is 0 Å². The third-order valence-electron chi connectivity index (χ3n) is 3.16. The third-order valence-corrected chi connectivity index (χ3v) is 3.16. The van der Waals surface area contributed by atoms with Crippen LogP contribution in [-0.4, -0.2) is 23.5 Å². The van der Waals surface area contributed by atoms with Crippen molar-refractivity contribution in [1.82, 2.24) is 5.32 Å². The molecule has 1 amide bonds. The molecular formula is C16H29NO3. The van der Waals surface area contributed by atoms with Crippen LogP contribution in [0.5, 0.6) is 0 Å². The lowest BCUT2D eigenvalue weighted by Crippen LogP contribution is -2.27. The predicted octanol–water partition coefficient (Wildman–Crippen LogP) is 3.66. The lowest BCUT2D eigenvalue weighted by Gasteiger charge is -2.00. The topological polar surface area (TPSA) is 66.4 Å². The van der Waals surface area contributed by atoms with E-state index in [0.29, 0.717) is 0 Å². The Hall–Kier alpha value is -1.32. The highest BCUT2D eigenvalue weighted by atomic mass is 16.4. The molecule has 0 aliphatic carbocycles. The van der Waals surface area contributed by atoms with E-state index in [1.165, 1.54) is 57.4 Å². The molecular weight excluding hydrogens is 254 g/mol. The SMILES string of the molecule is CCCCCCCCCCCC=CC(=O)NCC(=O)O. The molecule has 0 atom stereocenters. The molecule has 0 spiro atoms. The van der Waals surface area contributed by atoms with Crippen molar-refractivity contribution in [3.8, 4) is 0 Å². The second-order valence-corrected chi connectivity index (χ2v) is 5.13. The molecule has 0 aromatic heterocycles. The van der Waals surface area contributed by atoms with Crippen molar-refractivity contribution in [3.63, 3.8) is 0 Å². The van der Waals surface area contributed by atoms with Crippen molar-refractivity contribution in [2.45, 2.75) is 71.1 Å². The van der Waals surface area contributed by atoms with Crippen molar-refractivity contribution in [3.05, 3.63) is 12.2 Å². The van der Waals surface area contributed by atoms with Gasteiger partial charge in [-0.2, -0.15) is 0 Å². The van der Waals surface area contributed by atoms with Gasteiger partial charge in [0.25, 0.3) is 0 Å². The van der Waals surface area contributed by atoms with E-state index in [-0.39, 0.29) is 12.5 Å². The number of carboxylic acid groups (broad SMARTS) is 1. The van der Waals surface area contributed by atoms with Crippen LogP contribution in [0.15, 0.2) is 12.2 Å². The number of hydrogen-bond acceptors (Lipinski definition) is 2. The first-order valence-electron chi connectivity index (χ1n) is 7.83. The van der Waals surface area contributed by atoms with E-state index >= 15 is 0 Å². The largest absolute Gasteiger partial charge is 0.480 e. The normalized spacial score (nSPS) is 10.8. The zero-order valence-corrected chi connectivity index (χ0v) is 12.7. The predicted molar refractivity (Wildman–Crippen MR) is 81.6 cm³/mol. The quantitative estimate of drug-likeness (QED) is 0.400. The summed E-state index contributed by atoms with van der Waals surface area (Å²) >= 11 is 0. The molecule has 0 saturated heterocycles. The summed E-state index contributed by atoms with van der Waals surface area (Å²) in [6, 6.07) is 0. The molecule has 20 heavy (non-hydrogen) atoms. The van der Waals surface area contributed by atoms with Crippen molar-refractivity contribution < 1.29 is 14.7 Å². The molecule has 4 heteroatoms. The first-order valence-corrected chi connectivity index (χ1v) is 7.83. The number of rotatable bonds is 13. The molecule has 0 saturated carbocycles. The molecule has 0 aliphatic rings. The van der Waals surface area contributed by atoms with Gasteiger partial charge in [-0.3, -0.25) is 9.59 Å². The summed E-state index contributed by atoms with van der Waals surface area (Å²) in [5.74, 6) is -1.35. The van der Waals surface area contributed by atoms with Gasteiger partial charge in [0.05, 0.1) is 0 Å². The Morgan fingerprint density at radius 2 is 1.50 bits per heavy atom. The number of unbranched alkanes of at least 4 members (excludes halogenated alkanes) is 9. The van der Waals surface area contributed by atoms with E-state index in [9.17, 15) is 9.59 Å². The summed E-state index contributed by atoms with van der Waals surface area (Å²) in [4.78, 5) is 21.4. The van der Waals surface area contributed by atoms with Crippen LogP contribution in [0.4, 0.5) is 0 Å². The van der Waals surface area contributed by atoms with Gasteiger partial charge >= 0.3 is 5.97 Å². The molecule has 0 aromatic rings. The first-order chi connectivity index (χ1) is 9.66. The Balaban J connectivity index is 3.26. The van der Waals surface area contributed by atoms with E-state index in [0.717, 1.165) is 12.8 Å². The molecule has 4 nitrogen and oxygen atoms in total. The number of carbonyl (C=O) groups is 2. The zero-order chi connectivity index (χ0) is 15.1. The Kier molecular flexibility index (Phi) is 13.2. The van der Waals surface area contributed by atoms with E-state index < -0.39 is 5.97 Å². The van der Waals surface area contributed by atoms with Gasteiger partial charge in [0.15, 0.2) is 0 Å². The lowest BCUT2D eigenvalue weighted by atomic mass is 10.1. The summed E-state index contributed by atoms with van der Waals surface area (Å²) in [6.45, 7) is 1.91. The minimum Gasteiger partial charge on any atom is -0.480 e. The Bertz CT molecular complexity index is 287. The number of carboxylic acids is 1. The number of aliphatic carboxylic acids is 1. The van der Waals surface area contributed by atoms with Gasteiger partial charge in [-0.15, -0.1) is 0 Å². The van der Waals surface area contributed by atoms with Gasteiger partial charge in [-0.25, -0.2) is 0 Å². The fourth-order valence-electron chi connectivity index (χ4n) is 1.98. The first kappa shape index (κ1) is 18.7. The van der Waals surface area contributed by atoms with Crippen molar-refractivity contribution >= 4 is 11.9 Å². The highest BCUT2D eigenvalue weighted by molar-refractivity contribution is 5.89. The Labute approximate surface area is 122 Å². The monoisotopic (exact) mass is 283 g/mol. The summed E-state index contributed by atoms with van der Waals surface area (Å²) in [7, 11) is 0. The van der Waals surface area contributed by atoms with Crippen LogP contribution in [0.25, 0.3) is 0 Å². The highest BCUT2D eigenvalue weighted by Crippen LogP contribution is 2.10. The van der Waals surface area contributed by atoms with Gasteiger partial charge < -0.3 is 10.4 Å². The molecule has 0 aliphatic heterocycles. The number of amides is 1. The average molecular weight is 283 g/mol. The van der Waals surface area contributed by atoms with Gasteiger partial charge in [0.2, 0.25) is 5.91 Å². The second kappa shape index (κ2) is 14.1. The second-order valence-electron chi connectivity index (χ2n) is 5.13. The lowest BCUT2D eigenvalue weighted by molar-refractivity contribution is -0.137. The molecule has 2 N–H and O–H groups in total. The van der Waals surface area contributed by atoms with E-state index in [4.69, 9.17) is 5.11 Å². The molecule has 0 unspecified atom stereocenters. The van der Waals surface area contributed by atoms with Crippen LogP contribution in [0.1, 0.15) is 71.1 Å². The summed E-state index contributed by atoms with van der Waals surface area (Å²) in [5.41, 5.74) is 0. The van der Waals surface area contributed by atoms with Crippen LogP contribution < -0.4 is 5.32 Å². The fraction of sp³-hybridized carbons (Fsp3) is 0.750. The van der Waals surface area contributed by atoms with E-state index in [2.05, 4.69) is 12.2 Å². The van der Waals surface area contributed by atoms with Crippen molar-refractivity contribution in [2.24, 2.45) is 0 Å². The Morgan fingerprint density at radius 3 is 2.05 bits per heavy atom. The smallest absolute Gasteiger partial charge is 0.322 e. The maximum Gasteiger partial charge on any atom is 0.322 e. The minimum atomic E-state index is -1.02. The molecule has 0 bridgehead atoms. The molecule has 0 radical (unpaired) electrons. The Morgan fingerprint density at radius 1 is 0.950 bits per heavy atom. The molecule has 116 valence electrons. The highest BCUT2D eigenvalue weighted by Gasteiger charge is 1.98. The van der Waals surface area contributed by atoms with Crippen LogP contribution in [0.3, 0.4) is 0 Å². The van der Waals surface area contributed by atoms with Gasteiger partial charge in [0.1, 0.15) is 6.54 Å². The molecule has 0 rings (SSSR count). The van der Waals surface area contributed by atoms with Gasteiger partial charge in [-0.05, 0) is 18.9 Å². The van der Waals surface area contributed by atoms with Gasteiger partial charge in [-0.1, -0.05) is 64.4 Å². The summed E-state index contributed by atoms with van der Waals surface area (Å²) in [5, 5.41) is 10.7. The van der Waals surface area contributed by atoms with Gasteiger partial charge in [0, 0.05) is 0 Å². The maximum atomic E-state index is 11.1. The number of carbonyl (C=O) groups excluding carboxylic acids is 1. The number of hydrogen-bond donors (Lipinski definition) is 2. The fourth-order valence-corrected chi connectivity index (χ4v) is 1.98. The van der Waals surface area contributed by atoms with Crippen LogP contribution in [0, 0.1) is 0 Å². The molecule has 0 fully saturated rings. The standard InChI is InChI=1S/C16H29NO3/c1-2-3-4-5-6-7-8-9-10-11-12-13-15(18)17-14-16(19)20/h12-13H,2-11,14H2,1H3,(H,17,18)(H,19,20). The van der Waals surface area contributed by atoms with Crippen LogP contribution in [0.2, 0.25) is 0 Å². The zero-order valence-electron chi connectivity index (χ0n) is 12.7. The van der Waals surface area contributed by atoms with Crippen LogP contribution in [-0.2, 0) is 9.59 Å². The molecule has 0 heterocycles. The van der Waals surface area contributed by atoms with Crippen molar-refractivity contribution in [2.75, 3.05) is 6.54 Å². The maximum absolute atomic E-state index is 11.1. The minimum absolute atomic E-state index is 0.318. The number of nitrogens with one attached hydrogen (secondary N) is 1. The number of allylic oxidation sites excluding steroid dienone is 1. The summed E-state index contributed by atoms with van der Waals surface area (Å²) in [6.07, 6.45) is 15.7. The summed E-state index contributed by atoms with van der Waals surface area (Å²) < 4.78 is 0.